The third kappa shape index (κ3) is 5.48. The molecule has 0 aromatic rings. The molecule has 0 radical (unpaired) electrons. The molecule has 0 saturated carbocycles. The molecule has 0 N–H and O–H groups in total. The molecule has 0 rings (SSSR count). The molecule has 0 aliphatic rings. The SMILES string of the molecule is CCC(C)=NCN=C(C)C. The zero-order chi connectivity index (χ0) is 7.98. The lowest BCUT2D eigenvalue weighted by atomic mass is 10.3. The maximum atomic E-state index is 4.21. The summed E-state index contributed by atoms with van der Waals surface area (Å²) in [5.74, 6) is 0. The van der Waals surface area contributed by atoms with Crippen molar-refractivity contribution in [1.82, 2.24) is 0 Å². The second-order valence-electron chi connectivity index (χ2n) is 2.49. The van der Waals surface area contributed by atoms with E-state index in [2.05, 4.69) is 16.9 Å². The van der Waals surface area contributed by atoms with Gasteiger partial charge in [-0.3, -0.25) is 9.98 Å². The molecule has 58 valence electrons. The summed E-state index contributed by atoms with van der Waals surface area (Å²) in [6.45, 7) is 8.69. The van der Waals surface area contributed by atoms with E-state index in [0.717, 1.165) is 12.1 Å². The predicted octanol–water partition coefficient (Wildman–Crippen LogP) is 2.30. The minimum atomic E-state index is 0.599. The molecule has 0 unspecified atom stereocenters. The van der Waals surface area contributed by atoms with Crippen LogP contribution in [0.1, 0.15) is 34.1 Å². The molecule has 0 aromatic carbocycles. The van der Waals surface area contributed by atoms with Gasteiger partial charge < -0.3 is 0 Å². The van der Waals surface area contributed by atoms with Crippen LogP contribution >= 0.6 is 0 Å². The van der Waals surface area contributed by atoms with Crippen LogP contribution in [0.25, 0.3) is 0 Å². The molecule has 0 heterocycles. The molecule has 0 aliphatic carbocycles. The Balaban J connectivity index is 3.63. The minimum Gasteiger partial charge on any atom is -0.271 e. The highest BCUT2D eigenvalue weighted by Gasteiger charge is 1.82. The van der Waals surface area contributed by atoms with E-state index >= 15 is 0 Å². The lowest BCUT2D eigenvalue weighted by Crippen LogP contribution is -1.90. The van der Waals surface area contributed by atoms with Gasteiger partial charge in [0.05, 0.1) is 0 Å². The Bertz CT molecular complexity index is 141. The fourth-order valence-electron chi connectivity index (χ4n) is 0.409. The van der Waals surface area contributed by atoms with Crippen LogP contribution in [-0.2, 0) is 0 Å². The molecule has 0 atom stereocenters. The van der Waals surface area contributed by atoms with Crippen molar-refractivity contribution in [3.63, 3.8) is 0 Å². The van der Waals surface area contributed by atoms with Crippen LogP contribution in [0.15, 0.2) is 9.98 Å². The molecule has 2 heteroatoms. The van der Waals surface area contributed by atoms with Crippen LogP contribution in [0.2, 0.25) is 0 Å². The van der Waals surface area contributed by atoms with Gasteiger partial charge in [-0.2, -0.15) is 0 Å². The van der Waals surface area contributed by atoms with Gasteiger partial charge >= 0.3 is 0 Å². The first-order valence-electron chi connectivity index (χ1n) is 3.64. The van der Waals surface area contributed by atoms with Gasteiger partial charge in [0.2, 0.25) is 0 Å². The van der Waals surface area contributed by atoms with Crippen molar-refractivity contribution in [2.24, 2.45) is 9.98 Å². The first-order valence-corrected chi connectivity index (χ1v) is 3.64. The number of aliphatic imine (C=N–C) groups is 2. The fourth-order valence-corrected chi connectivity index (χ4v) is 0.409. The highest BCUT2D eigenvalue weighted by Crippen LogP contribution is 1.85. The Morgan fingerprint density at radius 2 is 1.70 bits per heavy atom. The molecule has 0 aliphatic heterocycles. The van der Waals surface area contributed by atoms with Gasteiger partial charge in [0, 0.05) is 11.4 Å². The Morgan fingerprint density at radius 3 is 2.10 bits per heavy atom. The molecule has 0 bridgehead atoms. The number of rotatable bonds is 3. The molecule has 0 saturated heterocycles. The van der Waals surface area contributed by atoms with Crippen LogP contribution in [0, 0.1) is 0 Å². The van der Waals surface area contributed by atoms with Crippen molar-refractivity contribution in [3.05, 3.63) is 0 Å². The van der Waals surface area contributed by atoms with Gasteiger partial charge in [-0.25, -0.2) is 0 Å². The van der Waals surface area contributed by atoms with E-state index in [1.165, 1.54) is 5.71 Å². The maximum absolute atomic E-state index is 4.21. The summed E-state index contributed by atoms with van der Waals surface area (Å²) in [5, 5.41) is 0. The summed E-state index contributed by atoms with van der Waals surface area (Å²) < 4.78 is 0. The molecule has 10 heavy (non-hydrogen) atoms. The summed E-state index contributed by atoms with van der Waals surface area (Å²) in [6, 6.07) is 0. The van der Waals surface area contributed by atoms with Gasteiger partial charge in [0.25, 0.3) is 0 Å². The van der Waals surface area contributed by atoms with E-state index in [0.29, 0.717) is 6.67 Å². The third-order valence-electron chi connectivity index (χ3n) is 1.24. The Morgan fingerprint density at radius 1 is 1.10 bits per heavy atom. The van der Waals surface area contributed by atoms with Gasteiger partial charge in [-0.1, -0.05) is 6.92 Å². The van der Waals surface area contributed by atoms with E-state index in [1.54, 1.807) is 0 Å². The Kier molecular flexibility index (Phi) is 4.81. The molecule has 0 spiro atoms. The van der Waals surface area contributed by atoms with Gasteiger partial charge in [0.1, 0.15) is 6.67 Å². The van der Waals surface area contributed by atoms with Crippen LogP contribution < -0.4 is 0 Å². The lowest BCUT2D eigenvalue weighted by Gasteiger charge is -1.92. The largest absolute Gasteiger partial charge is 0.271 e. The fraction of sp³-hybridized carbons (Fsp3) is 0.750. The lowest BCUT2D eigenvalue weighted by molar-refractivity contribution is 1.04. The van der Waals surface area contributed by atoms with Crippen LogP contribution in [0.4, 0.5) is 0 Å². The molecule has 0 fully saturated rings. The van der Waals surface area contributed by atoms with Crippen molar-refractivity contribution >= 4 is 11.4 Å². The number of nitrogens with zero attached hydrogens (tertiary/aromatic N) is 2. The minimum absolute atomic E-state index is 0.599. The zero-order valence-electron chi connectivity index (χ0n) is 7.31. The van der Waals surface area contributed by atoms with Gasteiger partial charge in [-0.15, -0.1) is 0 Å². The first-order chi connectivity index (χ1) is 4.66. The monoisotopic (exact) mass is 140 g/mol. The smallest absolute Gasteiger partial charge is 0.129 e. The quantitative estimate of drug-likeness (QED) is 0.537. The van der Waals surface area contributed by atoms with Crippen molar-refractivity contribution in [3.8, 4) is 0 Å². The Labute approximate surface area is 63.1 Å². The standard InChI is InChI=1S/C8H16N2/c1-5-8(4)10-6-9-7(2)3/h5-6H2,1-4H3. The molecular weight excluding hydrogens is 124 g/mol. The molecule has 2 nitrogen and oxygen atoms in total. The van der Waals surface area contributed by atoms with E-state index in [9.17, 15) is 0 Å². The number of hydrogen-bond donors (Lipinski definition) is 0. The van der Waals surface area contributed by atoms with E-state index < -0.39 is 0 Å². The topological polar surface area (TPSA) is 24.7 Å². The summed E-state index contributed by atoms with van der Waals surface area (Å²) in [7, 11) is 0. The summed E-state index contributed by atoms with van der Waals surface area (Å²) in [5.41, 5.74) is 2.26. The van der Waals surface area contributed by atoms with Crippen LogP contribution in [0.3, 0.4) is 0 Å². The van der Waals surface area contributed by atoms with Gasteiger partial charge in [-0.05, 0) is 27.2 Å². The van der Waals surface area contributed by atoms with E-state index in [4.69, 9.17) is 0 Å². The highest BCUT2D eigenvalue weighted by atomic mass is 14.9. The van der Waals surface area contributed by atoms with Crippen molar-refractivity contribution in [2.45, 2.75) is 34.1 Å². The highest BCUT2D eigenvalue weighted by molar-refractivity contribution is 5.82. The van der Waals surface area contributed by atoms with Crippen molar-refractivity contribution in [2.75, 3.05) is 6.67 Å². The van der Waals surface area contributed by atoms with Gasteiger partial charge in [0.15, 0.2) is 0 Å². The van der Waals surface area contributed by atoms with E-state index in [-0.39, 0.29) is 0 Å². The summed E-state index contributed by atoms with van der Waals surface area (Å²) in [4.78, 5) is 8.35. The van der Waals surface area contributed by atoms with Crippen LogP contribution in [0.5, 0.6) is 0 Å². The zero-order valence-corrected chi connectivity index (χ0v) is 7.31. The summed E-state index contributed by atoms with van der Waals surface area (Å²) in [6.07, 6.45) is 1.03. The normalized spacial score (nSPS) is 11.4. The molecular formula is C8H16N2. The molecule has 0 aromatic heterocycles. The maximum Gasteiger partial charge on any atom is 0.129 e. The average molecular weight is 140 g/mol. The van der Waals surface area contributed by atoms with Crippen molar-refractivity contribution < 1.29 is 0 Å². The molecule has 0 amide bonds. The second kappa shape index (κ2) is 5.15. The third-order valence-corrected chi connectivity index (χ3v) is 1.24. The second-order valence-corrected chi connectivity index (χ2v) is 2.49. The summed E-state index contributed by atoms with van der Waals surface area (Å²) >= 11 is 0. The van der Waals surface area contributed by atoms with E-state index in [1.807, 2.05) is 20.8 Å². The number of hydrogen-bond acceptors (Lipinski definition) is 2. The average Bonchev–Trinajstić information content (AvgIpc) is 1.87. The Hall–Kier alpha value is -0.660. The first kappa shape index (κ1) is 9.34. The van der Waals surface area contributed by atoms with Crippen LogP contribution in [-0.4, -0.2) is 18.1 Å². The van der Waals surface area contributed by atoms with Crippen molar-refractivity contribution in [1.29, 1.82) is 0 Å². The predicted molar refractivity (Wildman–Crippen MR) is 47.1 cm³/mol.